The molecule has 7 heteroatoms. The second kappa shape index (κ2) is 9.05. The first-order valence-corrected chi connectivity index (χ1v) is 9.31. The van der Waals surface area contributed by atoms with Gasteiger partial charge in [-0.1, -0.05) is 0 Å². The first-order valence-electron chi connectivity index (χ1n) is 8.43. The van der Waals surface area contributed by atoms with Gasteiger partial charge in [0, 0.05) is 10.9 Å². The molecule has 0 aliphatic heterocycles. The highest BCUT2D eigenvalue weighted by molar-refractivity contribution is 7.14. The maximum atomic E-state index is 12.1. The molecule has 6 nitrogen and oxygen atoms in total. The van der Waals surface area contributed by atoms with E-state index in [9.17, 15) is 4.79 Å². The number of nitrogens with one attached hydrogen (secondary N) is 1. The zero-order valence-corrected chi connectivity index (χ0v) is 15.9. The van der Waals surface area contributed by atoms with Gasteiger partial charge >= 0.3 is 0 Å². The number of nitrogens with zero attached hydrogens (tertiary/aromatic N) is 1. The van der Waals surface area contributed by atoms with Gasteiger partial charge in [-0.15, -0.1) is 11.3 Å². The van der Waals surface area contributed by atoms with Crippen molar-refractivity contribution in [2.24, 2.45) is 0 Å². The summed E-state index contributed by atoms with van der Waals surface area (Å²) < 4.78 is 16.0. The standard InChI is InChI=1S/C20H20N2O4S/c1-3-25-16-6-4-14(5-7-16)18-13-27-20(21-18)22-19(23)12-26-17-10-8-15(24-2)9-11-17/h4-11,13H,3,12H2,1-2H3,(H,21,22,23). The number of thiazole rings is 1. The van der Waals surface area contributed by atoms with Crippen LogP contribution in [0.3, 0.4) is 0 Å². The molecule has 0 aliphatic carbocycles. The number of amides is 1. The molecule has 0 unspecified atom stereocenters. The molecular formula is C20H20N2O4S. The van der Waals surface area contributed by atoms with Gasteiger partial charge in [0.25, 0.3) is 5.91 Å². The number of hydrogen-bond donors (Lipinski definition) is 1. The first-order chi connectivity index (χ1) is 13.2. The fourth-order valence-electron chi connectivity index (χ4n) is 2.33. The van der Waals surface area contributed by atoms with E-state index in [4.69, 9.17) is 14.2 Å². The Morgan fingerprint density at radius 1 is 1.00 bits per heavy atom. The Kier molecular flexibility index (Phi) is 6.27. The van der Waals surface area contributed by atoms with Crippen molar-refractivity contribution in [3.8, 4) is 28.5 Å². The lowest BCUT2D eigenvalue weighted by molar-refractivity contribution is -0.118. The molecule has 0 saturated heterocycles. The van der Waals surface area contributed by atoms with Crippen LogP contribution in [0.4, 0.5) is 5.13 Å². The molecule has 1 N–H and O–H groups in total. The van der Waals surface area contributed by atoms with Crippen molar-refractivity contribution < 1.29 is 19.0 Å². The van der Waals surface area contributed by atoms with Crippen LogP contribution in [0.5, 0.6) is 17.2 Å². The minimum atomic E-state index is -0.265. The van der Waals surface area contributed by atoms with Crippen molar-refractivity contribution in [1.29, 1.82) is 0 Å². The third-order valence-corrected chi connectivity index (χ3v) is 4.40. The molecule has 0 fully saturated rings. The van der Waals surface area contributed by atoms with E-state index in [2.05, 4.69) is 10.3 Å². The maximum Gasteiger partial charge on any atom is 0.264 e. The Labute approximate surface area is 161 Å². The Morgan fingerprint density at radius 3 is 2.30 bits per heavy atom. The molecular weight excluding hydrogens is 364 g/mol. The van der Waals surface area contributed by atoms with Crippen LogP contribution in [0.25, 0.3) is 11.3 Å². The van der Waals surface area contributed by atoms with Gasteiger partial charge in [0.1, 0.15) is 17.2 Å². The summed E-state index contributed by atoms with van der Waals surface area (Å²) in [6, 6.07) is 14.7. The quantitative estimate of drug-likeness (QED) is 0.629. The van der Waals surface area contributed by atoms with E-state index in [1.54, 1.807) is 31.4 Å². The SMILES string of the molecule is CCOc1ccc(-c2csc(NC(=O)COc3ccc(OC)cc3)n2)cc1. The lowest BCUT2D eigenvalue weighted by atomic mass is 10.2. The highest BCUT2D eigenvalue weighted by atomic mass is 32.1. The van der Waals surface area contributed by atoms with Gasteiger partial charge < -0.3 is 14.2 Å². The molecule has 0 bridgehead atoms. The van der Waals surface area contributed by atoms with Crippen molar-refractivity contribution in [2.75, 3.05) is 25.6 Å². The molecule has 3 rings (SSSR count). The summed E-state index contributed by atoms with van der Waals surface area (Å²) in [5, 5.41) is 5.18. The third-order valence-electron chi connectivity index (χ3n) is 3.64. The average Bonchev–Trinajstić information content (AvgIpc) is 3.16. The Hall–Kier alpha value is -3.06. The zero-order chi connectivity index (χ0) is 19.1. The van der Waals surface area contributed by atoms with Crippen molar-refractivity contribution in [3.05, 3.63) is 53.9 Å². The van der Waals surface area contributed by atoms with Crippen LogP contribution >= 0.6 is 11.3 Å². The summed E-state index contributed by atoms with van der Waals surface area (Å²) in [4.78, 5) is 16.5. The molecule has 1 aromatic heterocycles. The van der Waals surface area contributed by atoms with E-state index < -0.39 is 0 Å². The van der Waals surface area contributed by atoms with Crippen LogP contribution in [0.1, 0.15) is 6.92 Å². The summed E-state index contributed by atoms with van der Waals surface area (Å²) in [7, 11) is 1.60. The molecule has 140 valence electrons. The van der Waals surface area contributed by atoms with Crippen molar-refractivity contribution >= 4 is 22.4 Å². The Bertz CT molecular complexity index is 876. The molecule has 0 aliphatic rings. The van der Waals surface area contributed by atoms with Gasteiger partial charge in [0.15, 0.2) is 11.7 Å². The summed E-state index contributed by atoms with van der Waals surface area (Å²) >= 11 is 1.37. The fourth-order valence-corrected chi connectivity index (χ4v) is 3.06. The van der Waals surface area contributed by atoms with Crippen molar-refractivity contribution in [1.82, 2.24) is 4.98 Å². The number of carbonyl (C=O) groups is 1. The Balaban J connectivity index is 1.54. The molecule has 2 aromatic carbocycles. The van der Waals surface area contributed by atoms with Crippen molar-refractivity contribution in [2.45, 2.75) is 6.92 Å². The van der Waals surface area contributed by atoms with Crippen LogP contribution in [0.2, 0.25) is 0 Å². The number of ether oxygens (including phenoxy) is 3. The van der Waals surface area contributed by atoms with Crippen LogP contribution in [0.15, 0.2) is 53.9 Å². The number of anilines is 1. The summed E-state index contributed by atoms with van der Waals surface area (Å²) in [5.74, 6) is 1.88. The van der Waals surface area contributed by atoms with Crippen LogP contribution in [-0.2, 0) is 4.79 Å². The van der Waals surface area contributed by atoms with E-state index in [1.807, 2.05) is 36.6 Å². The van der Waals surface area contributed by atoms with Crippen LogP contribution in [0, 0.1) is 0 Å². The molecule has 27 heavy (non-hydrogen) atoms. The van der Waals surface area contributed by atoms with E-state index in [0.29, 0.717) is 17.5 Å². The molecule has 1 heterocycles. The average molecular weight is 384 g/mol. The van der Waals surface area contributed by atoms with Crippen molar-refractivity contribution in [3.63, 3.8) is 0 Å². The molecule has 0 spiro atoms. The largest absolute Gasteiger partial charge is 0.497 e. The summed E-state index contributed by atoms with van der Waals surface area (Å²) in [6.07, 6.45) is 0. The number of hydrogen-bond acceptors (Lipinski definition) is 6. The predicted octanol–water partition coefficient (Wildman–Crippen LogP) is 4.23. The minimum absolute atomic E-state index is 0.0930. The molecule has 0 atom stereocenters. The highest BCUT2D eigenvalue weighted by Crippen LogP contribution is 2.26. The summed E-state index contributed by atoms with van der Waals surface area (Å²) in [6.45, 7) is 2.48. The van der Waals surface area contributed by atoms with Crippen LogP contribution in [-0.4, -0.2) is 31.2 Å². The smallest absolute Gasteiger partial charge is 0.264 e. The lowest BCUT2D eigenvalue weighted by Crippen LogP contribution is -2.20. The topological polar surface area (TPSA) is 69.7 Å². The molecule has 3 aromatic rings. The van der Waals surface area contributed by atoms with E-state index in [0.717, 1.165) is 22.8 Å². The number of methoxy groups -OCH3 is 1. The van der Waals surface area contributed by atoms with Crippen LogP contribution < -0.4 is 19.5 Å². The molecule has 0 saturated carbocycles. The second-order valence-electron chi connectivity index (χ2n) is 5.51. The van der Waals surface area contributed by atoms with Gasteiger partial charge in [0.2, 0.25) is 0 Å². The van der Waals surface area contributed by atoms with Gasteiger partial charge in [-0.25, -0.2) is 4.98 Å². The Morgan fingerprint density at radius 2 is 1.63 bits per heavy atom. The van der Waals surface area contributed by atoms with Gasteiger partial charge in [0.05, 0.1) is 19.4 Å². The van der Waals surface area contributed by atoms with E-state index >= 15 is 0 Å². The van der Waals surface area contributed by atoms with Gasteiger partial charge in [-0.05, 0) is 55.5 Å². The number of aromatic nitrogens is 1. The monoisotopic (exact) mass is 384 g/mol. The predicted molar refractivity (Wildman–Crippen MR) is 106 cm³/mol. The van der Waals surface area contributed by atoms with E-state index in [-0.39, 0.29) is 12.5 Å². The second-order valence-corrected chi connectivity index (χ2v) is 6.37. The zero-order valence-electron chi connectivity index (χ0n) is 15.1. The molecule has 0 radical (unpaired) electrons. The first kappa shape index (κ1) is 18.7. The lowest BCUT2D eigenvalue weighted by Gasteiger charge is -2.06. The van der Waals surface area contributed by atoms with Gasteiger partial charge in [-0.2, -0.15) is 0 Å². The maximum absolute atomic E-state index is 12.1. The fraction of sp³-hybridized carbons (Fsp3) is 0.200. The van der Waals surface area contributed by atoms with Gasteiger partial charge in [-0.3, -0.25) is 10.1 Å². The van der Waals surface area contributed by atoms with E-state index in [1.165, 1.54) is 11.3 Å². The normalized spacial score (nSPS) is 10.3. The molecule has 1 amide bonds. The number of rotatable bonds is 8. The number of carbonyl (C=O) groups excluding carboxylic acids is 1. The number of benzene rings is 2. The highest BCUT2D eigenvalue weighted by Gasteiger charge is 2.09. The minimum Gasteiger partial charge on any atom is -0.497 e. The summed E-state index contributed by atoms with van der Waals surface area (Å²) in [5.41, 5.74) is 1.76. The third kappa shape index (κ3) is 5.21.